The first-order chi connectivity index (χ1) is 13.8. The van der Waals surface area contributed by atoms with Crippen LogP contribution in [0.1, 0.15) is 31.7 Å². The summed E-state index contributed by atoms with van der Waals surface area (Å²) in [5.74, 6) is 0.451. The molecule has 154 valence electrons. The number of nitro groups is 1. The minimum absolute atomic E-state index is 0.0353. The van der Waals surface area contributed by atoms with Gasteiger partial charge < -0.3 is 9.53 Å². The van der Waals surface area contributed by atoms with Crippen molar-refractivity contribution in [2.75, 3.05) is 13.1 Å². The van der Waals surface area contributed by atoms with Crippen LogP contribution < -0.4 is 4.74 Å². The van der Waals surface area contributed by atoms with Gasteiger partial charge in [0.2, 0.25) is 15.8 Å². The van der Waals surface area contributed by atoms with E-state index in [1.165, 1.54) is 23.4 Å². The summed E-state index contributed by atoms with van der Waals surface area (Å²) in [6, 6.07) is 10.6. The molecular weight excluding hydrogens is 396 g/mol. The number of aryl methyl sites for hydroxylation is 1. The number of nitro benzene ring substituents is 1. The van der Waals surface area contributed by atoms with Crippen LogP contribution in [-0.2, 0) is 21.2 Å². The first kappa shape index (κ1) is 20.9. The summed E-state index contributed by atoms with van der Waals surface area (Å²) in [6.45, 7) is 2.37. The number of hydrogen-bond acceptors (Lipinski definition) is 6. The lowest BCUT2D eigenvalue weighted by molar-refractivity contribution is -0.385. The van der Waals surface area contributed by atoms with Crippen LogP contribution in [0.25, 0.3) is 0 Å². The van der Waals surface area contributed by atoms with Crippen LogP contribution in [0.4, 0.5) is 5.69 Å². The minimum atomic E-state index is -3.76. The summed E-state index contributed by atoms with van der Waals surface area (Å²) in [4.78, 5) is 21.8. The molecule has 1 saturated heterocycles. The van der Waals surface area contributed by atoms with Crippen molar-refractivity contribution < 1.29 is 22.9 Å². The smallest absolute Gasteiger partial charge is 0.312 e. The Morgan fingerprint density at radius 3 is 2.38 bits per heavy atom. The Kier molecular flexibility index (Phi) is 6.29. The highest BCUT2D eigenvalue weighted by Gasteiger charge is 2.30. The molecule has 0 aliphatic carbocycles. The number of carbonyl (C=O) groups excluding carboxylic acids is 1. The zero-order valence-electron chi connectivity index (χ0n) is 16.0. The normalized spacial score (nSPS) is 14.7. The van der Waals surface area contributed by atoms with E-state index in [0.717, 1.165) is 24.5 Å². The summed E-state index contributed by atoms with van der Waals surface area (Å²) in [5, 5.41) is 11.5. The van der Waals surface area contributed by atoms with Crippen LogP contribution in [0.2, 0.25) is 0 Å². The Bertz CT molecular complexity index is 1010. The number of Topliss-reactive ketones (excluding diaryl/α,β-unsaturated/α-hetero) is 1. The molecule has 3 rings (SSSR count). The lowest BCUT2D eigenvalue weighted by Gasteiger charge is -2.16. The molecule has 1 aliphatic heterocycles. The Morgan fingerprint density at radius 1 is 1.14 bits per heavy atom. The summed E-state index contributed by atoms with van der Waals surface area (Å²) < 4.78 is 32.3. The van der Waals surface area contributed by atoms with Crippen LogP contribution in [0.5, 0.6) is 11.5 Å². The van der Waals surface area contributed by atoms with Crippen LogP contribution in [0, 0.1) is 10.1 Å². The lowest BCUT2D eigenvalue weighted by atomic mass is 10.1. The molecule has 2 aromatic carbocycles. The van der Waals surface area contributed by atoms with Gasteiger partial charge in [0, 0.05) is 25.6 Å². The van der Waals surface area contributed by atoms with E-state index in [4.69, 9.17) is 4.74 Å². The maximum atomic E-state index is 12.7. The van der Waals surface area contributed by atoms with Gasteiger partial charge in [-0.1, -0.05) is 12.1 Å². The molecule has 8 nitrogen and oxygen atoms in total. The fourth-order valence-corrected chi connectivity index (χ4v) is 4.67. The summed E-state index contributed by atoms with van der Waals surface area (Å²) in [6.07, 6.45) is 2.62. The summed E-state index contributed by atoms with van der Waals surface area (Å²) in [7, 11) is -3.76. The first-order valence-corrected chi connectivity index (χ1v) is 10.8. The molecule has 1 fully saturated rings. The van der Waals surface area contributed by atoms with Crippen molar-refractivity contribution in [3.63, 3.8) is 0 Å². The summed E-state index contributed by atoms with van der Waals surface area (Å²) in [5.41, 5.74) is 0.542. The van der Waals surface area contributed by atoms with Gasteiger partial charge >= 0.3 is 5.69 Å². The van der Waals surface area contributed by atoms with Crippen LogP contribution in [0.3, 0.4) is 0 Å². The number of benzene rings is 2. The van der Waals surface area contributed by atoms with Gasteiger partial charge in [-0.15, -0.1) is 0 Å². The van der Waals surface area contributed by atoms with Crippen molar-refractivity contribution in [2.45, 2.75) is 37.5 Å². The average Bonchev–Trinajstić information content (AvgIpc) is 3.23. The second kappa shape index (κ2) is 8.71. The van der Waals surface area contributed by atoms with Gasteiger partial charge in [0.1, 0.15) is 11.5 Å². The molecule has 0 atom stereocenters. The molecule has 0 aromatic heterocycles. The van der Waals surface area contributed by atoms with Crippen molar-refractivity contribution in [1.29, 1.82) is 0 Å². The van der Waals surface area contributed by atoms with Gasteiger partial charge in [0.25, 0.3) is 0 Å². The van der Waals surface area contributed by atoms with Crippen LogP contribution >= 0.6 is 0 Å². The second-order valence-electron chi connectivity index (χ2n) is 6.95. The minimum Gasteiger partial charge on any atom is -0.450 e. The molecule has 9 heteroatoms. The standard InChI is InChI=1S/C20H22N2O6S/c1-15(23)4-5-16-6-8-17(9-7-16)28-20-11-10-18(14-19(20)22(24)25)29(26,27)21-12-2-3-13-21/h6-11,14H,2-5,12-13H2,1H3. The van der Waals surface area contributed by atoms with Crippen LogP contribution in [-0.4, -0.2) is 36.5 Å². The number of rotatable bonds is 8. The number of hydrogen-bond donors (Lipinski definition) is 0. The molecule has 0 saturated carbocycles. The van der Waals surface area contributed by atoms with Gasteiger partial charge in [-0.2, -0.15) is 4.31 Å². The molecule has 1 heterocycles. The van der Waals surface area contributed by atoms with Gasteiger partial charge in [0.05, 0.1) is 9.82 Å². The van der Waals surface area contributed by atoms with E-state index >= 15 is 0 Å². The molecule has 1 aliphatic rings. The molecule has 0 amide bonds. The second-order valence-corrected chi connectivity index (χ2v) is 8.88. The largest absolute Gasteiger partial charge is 0.450 e. The van der Waals surface area contributed by atoms with Crippen molar-refractivity contribution in [2.24, 2.45) is 0 Å². The fraction of sp³-hybridized carbons (Fsp3) is 0.350. The SMILES string of the molecule is CC(=O)CCc1ccc(Oc2ccc(S(=O)(=O)N3CCCC3)cc2[N+](=O)[O-])cc1. The monoisotopic (exact) mass is 418 g/mol. The van der Waals surface area contributed by atoms with Crippen molar-refractivity contribution in [1.82, 2.24) is 4.31 Å². The van der Waals surface area contributed by atoms with Gasteiger partial charge in [0.15, 0.2) is 0 Å². The fourth-order valence-electron chi connectivity index (χ4n) is 3.14. The van der Waals surface area contributed by atoms with Crippen molar-refractivity contribution >= 4 is 21.5 Å². The molecule has 2 aromatic rings. The van der Waals surface area contributed by atoms with Crippen LogP contribution in [0.15, 0.2) is 47.4 Å². The highest BCUT2D eigenvalue weighted by atomic mass is 32.2. The van der Waals surface area contributed by atoms with Crippen molar-refractivity contribution in [3.05, 3.63) is 58.1 Å². The Morgan fingerprint density at radius 2 is 1.79 bits per heavy atom. The highest BCUT2D eigenvalue weighted by molar-refractivity contribution is 7.89. The molecule has 0 N–H and O–H groups in total. The zero-order chi connectivity index (χ0) is 21.0. The maximum absolute atomic E-state index is 12.7. The van der Waals surface area contributed by atoms with Crippen molar-refractivity contribution in [3.8, 4) is 11.5 Å². The molecule has 0 spiro atoms. The van der Waals surface area contributed by atoms with E-state index in [-0.39, 0.29) is 16.4 Å². The third-order valence-corrected chi connectivity index (χ3v) is 6.64. The Balaban J connectivity index is 1.82. The van der Waals surface area contributed by atoms with Gasteiger partial charge in [-0.3, -0.25) is 10.1 Å². The topological polar surface area (TPSA) is 107 Å². The number of ether oxygens (including phenoxy) is 1. The highest BCUT2D eigenvalue weighted by Crippen LogP contribution is 2.34. The predicted octanol–water partition coefficient (Wildman–Crippen LogP) is 3.69. The van der Waals surface area contributed by atoms with E-state index in [9.17, 15) is 23.3 Å². The van der Waals surface area contributed by atoms with E-state index in [0.29, 0.717) is 31.7 Å². The number of nitrogens with zero attached hydrogens (tertiary/aromatic N) is 2. The van der Waals surface area contributed by atoms with E-state index in [1.54, 1.807) is 24.3 Å². The van der Waals surface area contributed by atoms with Gasteiger partial charge in [-0.25, -0.2) is 8.42 Å². The Hall–Kier alpha value is -2.78. The Labute approximate surface area is 169 Å². The third kappa shape index (κ3) is 4.99. The van der Waals surface area contributed by atoms with E-state index in [2.05, 4.69) is 0 Å². The quantitative estimate of drug-likeness (QED) is 0.478. The summed E-state index contributed by atoms with van der Waals surface area (Å²) >= 11 is 0. The molecule has 0 unspecified atom stereocenters. The average molecular weight is 418 g/mol. The van der Waals surface area contributed by atoms with E-state index < -0.39 is 20.6 Å². The maximum Gasteiger partial charge on any atom is 0.312 e. The number of ketones is 1. The predicted molar refractivity (Wildman–Crippen MR) is 107 cm³/mol. The number of sulfonamides is 1. The molecule has 0 bridgehead atoms. The number of carbonyl (C=O) groups is 1. The molecule has 0 radical (unpaired) electrons. The molecule has 29 heavy (non-hydrogen) atoms. The molecular formula is C20H22N2O6S. The third-order valence-electron chi connectivity index (χ3n) is 4.75. The van der Waals surface area contributed by atoms with E-state index in [1.807, 2.05) is 0 Å². The lowest BCUT2D eigenvalue weighted by Crippen LogP contribution is -2.27. The zero-order valence-corrected chi connectivity index (χ0v) is 16.9. The van der Waals surface area contributed by atoms with Gasteiger partial charge in [-0.05, 0) is 56.0 Å². The first-order valence-electron chi connectivity index (χ1n) is 9.32.